The fourth-order valence-corrected chi connectivity index (χ4v) is 0.927. The van der Waals surface area contributed by atoms with Crippen molar-refractivity contribution in [3.05, 3.63) is 11.4 Å². The van der Waals surface area contributed by atoms with Gasteiger partial charge in [-0.2, -0.15) is 5.10 Å². The SMILES string of the molecule is Cl.[2H]C([2H])([2H])n1nc(CC([2H])([2H])C([2H])([2H])[2H])c(N)c1C(N)=O. The highest BCUT2D eigenvalue weighted by atomic mass is 35.5. The van der Waals surface area contributed by atoms with Crippen molar-refractivity contribution in [3.63, 3.8) is 0 Å². The van der Waals surface area contributed by atoms with E-state index in [9.17, 15) is 4.79 Å². The lowest BCUT2D eigenvalue weighted by Gasteiger charge is -1.96. The number of rotatable bonds is 3. The Labute approximate surface area is 100 Å². The molecule has 1 aromatic heterocycles. The molecule has 0 bridgehead atoms. The molecule has 0 atom stereocenters. The van der Waals surface area contributed by atoms with Crippen LogP contribution in [-0.2, 0) is 13.4 Å². The van der Waals surface area contributed by atoms with E-state index in [4.69, 9.17) is 22.4 Å². The van der Waals surface area contributed by atoms with Crippen molar-refractivity contribution in [2.24, 2.45) is 12.7 Å². The van der Waals surface area contributed by atoms with Gasteiger partial charge in [-0.1, -0.05) is 13.2 Å². The minimum Gasteiger partial charge on any atom is -0.395 e. The predicted molar refractivity (Wildman–Crippen MR) is 57.4 cm³/mol. The van der Waals surface area contributed by atoms with Gasteiger partial charge in [-0.05, 0) is 6.42 Å². The topological polar surface area (TPSA) is 86.9 Å². The summed E-state index contributed by atoms with van der Waals surface area (Å²) < 4.78 is 58.3. The number of primary amides is 1. The van der Waals surface area contributed by atoms with Crippen molar-refractivity contribution in [3.8, 4) is 0 Å². The molecule has 0 aliphatic heterocycles. The Morgan fingerprint density at radius 3 is 2.93 bits per heavy atom. The highest BCUT2D eigenvalue weighted by molar-refractivity contribution is 5.96. The van der Waals surface area contributed by atoms with Crippen molar-refractivity contribution in [2.45, 2.75) is 19.6 Å². The van der Waals surface area contributed by atoms with Crippen LogP contribution in [0.1, 0.15) is 40.4 Å². The highest BCUT2D eigenvalue weighted by Crippen LogP contribution is 2.16. The van der Waals surface area contributed by atoms with Gasteiger partial charge in [0.05, 0.1) is 11.4 Å². The number of nitrogens with zero attached hydrogens (tertiary/aromatic N) is 2. The minimum atomic E-state index is -2.96. The molecule has 1 rings (SSSR count). The average Bonchev–Trinajstić information content (AvgIpc) is 2.53. The van der Waals surface area contributed by atoms with E-state index >= 15 is 0 Å². The zero-order valence-electron chi connectivity index (χ0n) is 15.1. The molecule has 5 nitrogen and oxygen atoms in total. The molecular weight excluding hydrogens is 204 g/mol. The second-order valence-corrected chi connectivity index (χ2v) is 2.34. The Bertz CT molecular complexity index is 564. The van der Waals surface area contributed by atoms with Crippen LogP contribution >= 0.6 is 12.4 Å². The summed E-state index contributed by atoms with van der Waals surface area (Å²) in [6.45, 7) is -5.82. The zero-order valence-corrected chi connectivity index (χ0v) is 7.89. The number of nitrogens with two attached hydrogens (primary N) is 2. The maximum Gasteiger partial charge on any atom is 0.269 e. The molecule has 0 saturated carbocycles. The van der Waals surface area contributed by atoms with Crippen LogP contribution in [0.5, 0.6) is 0 Å². The van der Waals surface area contributed by atoms with E-state index in [2.05, 4.69) is 5.10 Å². The summed E-state index contributed by atoms with van der Waals surface area (Å²) in [6, 6.07) is 0. The standard InChI is InChI=1S/C8H14N4O.ClH/c1-3-4-5-6(9)7(8(10)13)12(2)11-5;/h3-4,9H2,1-2H3,(H2,10,13);1H/i1D3,2D3,3D2;. The second-order valence-electron chi connectivity index (χ2n) is 2.34. The first-order valence-electron chi connectivity index (χ1n) is 7.36. The maximum atomic E-state index is 11.3. The molecule has 0 aliphatic carbocycles. The third-order valence-corrected chi connectivity index (χ3v) is 1.49. The average molecular weight is 227 g/mol. The highest BCUT2D eigenvalue weighted by Gasteiger charge is 2.16. The van der Waals surface area contributed by atoms with Gasteiger partial charge in [0.2, 0.25) is 0 Å². The first-order valence-corrected chi connectivity index (χ1v) is 3.36. The first kappa shape index (κ1) is 4.53. The van der Waals surface area contributed by atoms with Crippen LogP contribution in [0.15, 0.2) is 0 Å². The van der Waals surface area contributed by atoms with Crippen LogP contribution in [0.4, 0.5) is 5.69 Å². The lowest BCUT2D eigenvalue weighted by atomic mass is 10.2. The number of aryl methyl sites for hydroxylation is 2. The first-order chi connectivity index (χ1) is 9.18. The van der Waals surface area contributed by atoms with Crippen LogP contribution < -0.4 is 11.5 Å². The summed E-state index contributed by atoms with van der Waals surface area (Å²) >= 11 is 0. The molecule has 0 unspecified atom stereocenters. The van der Waals surface area contributed by atoms with Gasteiger partial charge >= 0.3 is 0 Å². The van der Waals surface area contributed by atoms with Crippen molar-refractivity contribution < 1.29 is 15.8 Å². The normalized spacial score (nSPS) is 20.9. The molecule has 1 amide bonds. The number of hydrogen-bond acceptors (Lipinski definition) is 3. The van der Waals surface area contributed by atoms with Crippen LogP contribution in [0.3, 0.4) is 0 Å². The molecule has 0 aromatic carbocycles. The lowest BCUT2D eigenvalue weighted by molar-refractivity contribution is 0.0992. The van der Waals surface area contributed by atoms with E-state index in [-0.39, 0.29) is 18.1 Å². The van der Waals surface area contributed by atoms with Crippen LogP contribution in [0.2, 0.25) is 0 Å². The molecule has 0 fully saturated rings. The van der Waals surface area contributed by atoms with Crippen molar-refractivity contribution in [2.75, 3.05) is 5.73 Å². The molecular formula is C8H15ClN4O. The van der Waals surface area contributed by atoms with Gasteiger partial charge in [0, 0.05) is 17.9 Å². The second kappa shape index (κ2) is 4.85. The fourth-order valence-electron chi connectivity index (χ4n) is 0.927. The molecule has 80 valence electrons. The molecule has 0 aliphatic rings. The monoisotopic (exact) mass is 226 g/mol. The summed E-state index contributed by atoms with van der Waals surface area (Å²) in [7, 11) is 0. The number of carbonyl (C=O) groups excluding carboxylic acids is 1. The summed E-state index contributed by atoms with van der Waals surface area (Å²) in [4.78, 5) is 11.3. The zero-order chi connectivity index (χ0) is 16.8. The Morgan fingerprint density at radius 2 is 2.50 bits per heavy atom. The molecule has 14 heavy (non-hydrogen) atoms. The lowest BCUT2D eigenvalue weighted by Crippen LogP contribution is -2.17. The maximum absolute atomic E-state index is 11.3. The van der Waals surface area contributed by atoms with Crippen LogP contribution in [0, 0.1) is 0 Å². The summed E-state index contributed by atoms with van der Waals surface area (Å²) in [6.07, 6.45) is -3.47. The molecule has 1 aromatic rings. The summed E-state index contributed by atoms with van der Waals surface area (Å²) in [5.41, 5.74) is 9.22. The van der Waals surface area contributed by atoms with Crippen LogP contribution in [0.25, 0.3) is 0 Å². The molecule has 0 saturated heterocycles. The summed E-state index contributed by atoms with van der Waals surface area (Å²) in [5.74, 6) is -1.16. The van der Waals surface area contributed by atoms with Gasteiger partial charge < -0.3 is 11.5 Å². The van der Waals surface area contributed by atoms with E-state index in [0.29, 0.717) is 4.68 Å². The van der Waals surface area contributed by atoms with E-state index in [1.807, 2.05) is 0 Å². The van der Waals surface area contributed by atoms with Crippen molar-refractivity contribution in [1.82, 2.24) is 9.78 Å². The minimum absolute atomic E-state index is 0. The van der Waals surface area contributed by atoms with Crippen LogP contribution in [-0.4, -0.2) is 15.7 Å². The van der Waals surface area contributed by atoms with E-state index in [1.54, 1.807) is 0 Å². The van der Waals surface area contributed by atoms with Gasteiger partial charge in [0.1, 0.15) is 5.69 Å². The number of nitrogen functional groups attached to an aromatic ring is 1. The Morgan fingerprint density at radius 1 is 1.79 bits per heavy atom. The number of anilines is 1. The van der Waals surface area contributed by atoms with Gasteiger partial charge in [-0.25, -0.2) is 0 Å². The van der Waals surface area contributed by atoms with Gasteiger partial charge in [0.25, 0.3) is 5.91 Å². The largest absolute Gasteiger partial charge is 0.395 e. The number of carbonyl (C=O) groups is 1. The number of halogens is 1. The third kappa shape index (κ3) is 2.17. The predicted octanol–water partition coefficient (Wildman–Crippen LogP) is 0.476. The third-order valence-electron chi connectivity index (χ3n) is 1.49. The number of aromatic nitrogens is 2. The van der Waals surface area contributed by atoms with Crippen molar-refractivity contribution in [1.29, 1.82) is 0 Å². The quantitative estimate of drug-likeness (QED) is 0.786. The summed E-state index contributed by atoms with van der Waals surface area (Å²) in [5, 5.41) is 3.54. The molecule has 4 N–H and O–H groups in total. The van der Waals surface area contributed by atoms with Gasteiger partial charge in [-0.15, -0.1) is 12.4 Å². The fraction of sp³-hybridized carbons (Fsp3) is 0.500. The Kier molecular flexibility index (Phi) is 1.57. The Balaban J connectivity index is 0.00000441. The molecule has 0 spiro atoms. The number of amides is 1. The van der Waals surface area contributed by atoms with E-state index in [0.717, 1.165) is 0 Å². The van der Waals surface area contributed by atoms with E-state index < -0.39 is 43.9 Å². The Hall–Kier alpha value is -1.23. The molecule has 6 heteroatoms. The smallest absolute Gasteiger partial charge is 0.269 e. The van der Waals surface area contributed by atoms with E-state index in [1.165, 1.54) is 0 Å². The molecule has 0 radical (unpaired) electrons. The number of hydrogen-bond donors (Lipinski definition) is 2. The molecule has 1 heterocycles. The van der Waals surface area contributed by atoms with Crippen molar-refractivity contribution >= 4 is 24.0 Å². The van der Waals surface area contributed by atoms with Gasteiger partial charge in [-0.3, -0.25) is 9.48 Å². The van der Waals surface area contributed by atoms with Gasteiger partial charge in [0.15, 0.2) is 0 Å².